The summed E-state index contributed by atoms with van der Waals surface area (Å²) in [6, 6.07) is 14.7. The quantitative estimate of drug-likeness (QED) is 0.389. The highest BCUT2D eigenvalue weighted by Gasteiger charge is 2.20. The molecular formula is C24H30O4. The summed E-state index contributed by atoms with van der Waals surface area (Å²) in [5.74, 6) is -0.958. The maximum absolute atomic E-state index is 12.4. The fraction of sp³-hybridized carbons (Fsp3) is 0.417. The van der Waals surface area contributed by atoms with Crippen LogP contribution >= 0.6 is 0 Å². The predicted molar refractivity (Wildman–Crippen MR) is 110 cm³/mol. The fourth-order valence-electron chi connectivity index (χ4n) is 2.94. The molecule has 2 aromatic rings. The lowest BCUT2D eigenvalue weighted by molar-refractivity contribution is -0.0830. The molecule has 0 N–H and O–H groups in total. The van der Waals surface area contributed by atoms with Gasteiger partial charge in [-0.1, -0.05) is 57.9 Å². The van der Waals surface area contributed by atoms with Crippen molar-refractivity contribution < 1.29 is 19.1 Å². The van der Waals surface area contributed by atoms with E-state index in [1.807, 2.05) is 31.2 Å². The minimum absolute atomic E-state index is 0.458. The van der Waals surface area contributed by atoms with E-state index in [0.29, 0.717) is 17.5 Å². The number of benzene rings is 2. The fourth-order valence-corrected chi connectivity index (χ4v) is 2.94. The molecule has 0 unspecified atom stereocenters. The molecule has 0 amide bonds. The van der Waals surface area contributed by atoms with Crippen LogP contribution in [-0.4, -0.2) is 18.2 Å². The summed E-state index contributed by atoms with van der Waals surface area (Å²) < 4.78 is 10.9. The molecule has 0 aliphatic carbocycles. The number of rotatable bonds is 10. The highest BCUT2D eigenvalue weighted by atomic mass is 16.7. The number of ether oxygens (including phenoxy) is 2. The molecule has 28 heavy (non-hydrogen) atoms. The average molecular weight is 383 g/mol. The Balaban J connectivity index is 1.99. The lowest BCUT2D eigenvalue weighted by atomic mass is 10.1. The van der Waals surface area contributed by atoms with Crippen LogP contribution in [0.3, 0.4) is 0 Å². The van der Waals surface area contributed by atoms with Crippen LogP contribution in [0.25, 0.3) is 0 Å². The van der Waals surface area contributed by atoms with Gasteiger partial charge in [0.2, 0.25) is 6.29 Å². The minimum atomic E-state index is -0.893. The van der Waals surface area contributed by atoms with Crippen molar-refractivity contribution in [3.63, 3.8) is 0 Å². The summed E-state index contributed by atoms with van der Waals surface area (Å²) in [5.41, 5.74) is 3.28. The molecule has 4 nitrogen and oxygen atoms in total. The Hall–Kier alpha value is -2.62. The maximum Gasteiger partial charge on any atom is 0.341 e. The average Bonchev–Trinajstić information content (AvgIpc) is 2.69. The van der Waals surface area contributed by atoms with E-state index in [9.17, 15) is 9.59 Å². The minimum Gasteiger partial charge on any atom is -0.422 e. The van der Waals surface area contributed by atoms with Gasteiger partial charge in [-0.2, -0.15) is 0 Å². The third-order valence-corrected chi connectivity index (χ3v) is 4.46. The molecule has 0 aliphatic rings. The van der Waals surface area contributed by atoms with E-state index in [-0.39, 0.29) is 0 Å². The Morgan fingerprint density at radius 3 is 1.39 bits per heavy atom. The van der Waals surface area contributed by atoms with Gasteiger partial charge < -0.3 is 9.47 Å². The predicted octanol–water partition coefficient (Wildman–Crippen LogP) is 5.73. The molecule has 2 rings (SSSR count). The Kier molecular flexibility index (Phi) is 8.73. The number of esters is 2. The van der Waals surface area contributed by atoms with E-state index in [2.05, 4.69) is 13.8 Å². The first-order chi connectivity index (χ1) is 13.6. The van der Waals surface area contributed by atoms with Gasteiger partial charge in [0, 0.05) is 6.42 Å². The molecule has 0 atom stereocenters. The first kappa shape index (κ1) is 21.7. The van der Waals surface area contributed by atoms with Crippen LogP contribution in [0.2, 0.25) is 0 Å². The Bertz CT molecular complexity index is 684. The zero-order chi connectivity index (χ0) is 20.4. The lowest BCUT2D eigenvalue weighted by Crippen LogP contribution is -2.24. The van der Waals surface area contributed by atoms with E-state index in [1.165, 1.54) is 11.1 Å². The molecular weight excluding hydrogens is 352 g/mol. The van der Waals surface area contributed by atoms with Crippen molar-refractivity contribution in [3.05, 3.63) is 70.8 Å². The number of carbonyl (C=O) groups is 2. The summed E-state index contributed by atoms with van der Waals surface area (Å²) in [7, 11) is 0. The zero-order valence-electron chi connectivity index (χ0n) is 17.1. The molecule has 0 heterocycles. The Morgan fingerprint density at radius 1 is 0.679 bits per heavy atom. The van der Waals surface area contributed by atoms with Crippen molar-refractivity contribution in [1.82, 2.24) is 0 Å². The second-order valence-electron chi connectivity index (χ2n) is 6.92. The van der Waals surface area contributed by atoms with Gasteiger partial charge in [0.05, 0.1) is 11.1 Å². The van der Waals surface area contributed by atoms with E-state index in [0.717, 1.165) is 32.1 Å². The van der Waals surface area contributed by atoms with Gasteiger partial charge in [0.25, 0.3) is 0 Å². The van der Waals surface area contributed by atoms with E-state index < -0.39 is 18.2 Å². The van der Waals surface area contributed by atoms with Crippen LogP contribution in [0.4, 0.5) is 0 Å². The summed E-state index contributed by atoms with van der Waals surface area (Å²) in [4.78, 5) is 24.8. The second-order valence-corrected chi connectivity index (χ2v) is 6.92. The molecule has 0 radical (unpaired) electrons. The summed E-state index contributed by atoms with van der Waals surface area (Å²) in [6.07, 6.45) is 4.35. The molecule has 0 bridgehead atoms. The van der Waals surface area contributed by atoms with Crippen molar-refractivity contribution in [1.29, 1.82) is 0 Å². The normalized spacial score (nSPS) is 10.7. The van der Waals surface area contributed by atoms with Gasteiger partial charge in [-0.3, -0.25) is 0 Å². The number of hydrogen-bond acceptors (Lipinski definition) is 4. The van der Waals surface area contributed by atoms with Gasteiger partial charge in [0.15, 0.2) is 0 Å². The first-order valence-corrected chi connectivity index (χ1v) is 10.2. The first-order valence-electron chi connectivity index (χ1n) is 10.2. The van der Waals surface area contributed by atoms with Crippen LogP contribution in [0, 0.1) is 0 Å². The van der Waals surface area contributed by atoms with Crippen LogP contribution in [0.1, 0.15) is 78.3 Å². The third-order valence-electron chi connectivity index (χ3n) is 4.46. The standard InChI is InChI=1S/C24H30O4/c1-4-7-18-10-14-20(15-11-18)23(25)27-22(9-6-3)28-24(26)21-16-12-19(8-5-2)13-17-21/h10-17,22H,4-9H2,1-3H3. The zero-order valence-corrected chi connectivity index (χ0v) is 17.1. The van der Waals surface area contributed by atoms with Crippen molar-refractivity contribution in [2.45, 2.75) is 65.6 Å². The summed E-state index contributed by atoms with van der Waals surface area (Å²) >= 11 is 0. The molecule has 4 heteroatoms. The lowest BCUT2D eigenvalue weighted by Gasteiger charge is -2.18. The van der Waals surface area contributed by atoms with Gasteiger partial charge >= 0.3 is 11.9 Å². The smallest absolute Gasteiger partial charge is 0.341 e. The number of hydrogen-bond donors (Lipinski definition) is 0. The van der Waals surface area contributed by atoms with Gasteiger partial charge in [-0.25, -0.2) is 9.59 Å². The molecule has 0 saturated carbocycles. The van der Waals surface area contributed by atoms with Crippen LogP contribution in [0.15, 0.2) is 48.5 Å². The van der Waals surface area contributed by atoms with E-state index in [1.54, 1.807) is 24.3 Å². The number of aryl methyl sites for hydroxylation is 2. The van der Waals surface area contributed by atoms with Crippen LogP contribution in [-0.2, 0) is 22.3 Å². The third kappa shape index (κ3) is 6.52. The topological polar surface area (TPSA) is 52.6 Å². The largest absolute Gasteiger partial charge is 0.422 e. The maximum atomic E-state index is 12.4. The van der Waals surface area contributed by atoms with Crippen molar-refractivity contribution >= 4 is 11.9 Å². The van der Waals surface area contributed by atoms with E-state index in [4.69, 9.17) is 9.47 Å². The monoisotopic (exact) mass is 382 g/mol. The number of carbonyl (C=O) groups excluding carboxylic acids is 2. The SMILES string of the molecule is CCCc1ccc(C(=O)OC(CCC)OC(=O)c2ccc(CCC)cc2)cc1. The van der Waals surface area contributed by atoms with Crippen molar-refractivity contribution in [2.75, 3.05) is 0 Å². The van der Waals surface area contributed by atoms with Crippen molar-refractivity contribution in [2.24, 2.45) is 0 Å². The van der Waals surface area contributed by atoms with Gasteiger partial charge in [0.1, 0.15) is 0 Å². The molecule has 0 aromatic heterocycles. The molecule has 0 saturated heterocycles. The molecule has 0 aliphatic heterocycles. The molecule has 0 spiro atoms. The Labute approximate surface area is 167 Å². The van der Waals surface area contributed by atoms with Gasteiger partial charge in [-0.15, -0.1) is 0 Å². The highest BCUT2D eigenvalue weighted by molar-refractivity contribution is 5.91. The summed E-state index contributed by atoms with van der Waals surface area (Å²) in [6.45, 7) is 6.18. The van der Waals surface area contributed by atoms with E-state index >= 15 is 0 Å². The molecule has 2 aromatic carbocycles. The highest BCUT2D eigenvalue weighted by Crippen LogP contribution is 2.15. The second kappa shape index (κ2) is 11.3. The van der Waals surface area contributed by atoms with Gasteiger partial charge in [-0.05, 0) is 54.7 Å². The molecule has 150 valence electrons. The molecule has 0 fully saturated rings. The Morgan fingerprint density at radius 2 is 1.07 bits per heavy atom. The van der Waals surface area contributed by atoms with Crippen LogP contribution in [0.5, 0.6) is 0 Å². The van der Waals surface area contributed by atoms with Crippen molar-refractivity contribution in [3.8, 4) is 0 Å². The van der Waals surface area contributed by atoms with Crippen LogP contribution < -0.4 is 0 Å². The summed E-state index contributed by atoms with van der Waals surface area (Å²) in [5, 5.41) is 0.